The molecule has 5 rings (SSSR count). The summed E-state index contributed by atoms with van der Waals surface area (Å²) in [6.07, 6.45) is 1.50. The van der Waals surface area contributed by atoms with Gasteiger partial charge in [0.25, 0.3) is 5.91 Å². The predicted octanol–water partition coefficient (Wildman–Crippen LogP) is 5.31. The smallest absolute Gasteiger partial charge is 0.409 e. The summed E-state index contributed by atoms with van der Waals surface area (Å²) in [5.41, 5.74) is 4.18. The molecule has 0 saturated carbocycles. The predicted molar refractivity (Wildman–Crippen MR) is 152 cm³/mol. The van der Waals surface area contributed by atoms with Crippen LogP contribution in [-0.4, -0.2) is 78.7 Å². The first-order valence-electron chi connectivity index (χ1n) is 13.9. The van der Waals surface area contributed by atoms with Gasteiger partial charge in [0.1, 0.15) is 11.9 Å². The maximum Gasteiger partial charge on any atom is 0.409 e. The van der Waals surface area contributed by atoms with Crippen molar-refractivity contribution in [3.8, 4) is 16.9 Å². The number of nitrogens with zero attached hydrogens (tertiary/aromatic N) is 3. The fourth-order valence-electron chi connectivity index (χ4n) is 5.27. The molecule has 0 bridgehead atoms. The van der Waals surface area contributed by atoms with Crippen LogP contribution >= 0.6 is 0 Å². The third-order valence-corrected chi connectivity index (χ3v) is 7.47. The summed E-state index contributed by atoms with van der Waals surface area (Å²) in [6, 6.07) is 26.4. The average Bonchev–Trinajstić information content (AvgIpc) is 2.98. The molecule has 2 aliphatic rings. The van der Waals surface area contributed by atoms with Crippen LogP contribution in [0.5, 0.6) is 5.75 Å². The van der Waals surface area contributed by atoms with Gasteiger partial charge >= 0.3 is 6.09 Å². The lowest BCUT2D eigenvalue weighted by Gasteiger charge is -2.34. The Bertz CT molecular complexity index is 1230. The molecule has 0 unspecified atom stereocenters. The summed E-state index contributed by atoms with van der Waals surface area (Å²) in [5, 5.41) is 0. The monoisotopic (exact) mass is 527 g/mol. The zero-order valence-electron chi connectivity index (χ0n) is 22.6. The van der Waals surface area contributed by atoms with Crippen LogP contribution in [0.15, 0.2) is 78.9 Å². The minimum absolute atomic E-state index is 0.0816. The van der Waals surface area contributed by atoms with Crippen LogP contribution in [-0.2, 0) is 11.3 Å². The Morgan fingerprint density at radius 2 is 1.46 bits per heavy atom. The van der Waals surface area contributed by atoms with Crippen molar-refractivity contribution in [3.05, 3.63) is 90.0 Å². The van der Waals surface area contributed by atoms with E-state index in [1.165, 1.54) is 5.56 Å². The maximum atomic E-state index is 13.1. The fourth-order valence-corrected chi connectivity index (χ4v) is 5.27. The van der Waals surface area contributed by atoms with Gasteiger partial charge in [-0.25, -0.2) is 4.79 Å². The molecule has 3 aromatic carbocycles. The second kappa shape index (κ2) is 12.8. The minimum atomic E-state index is -0.221. The van der Waals surface area contributed by atoms with Crippen molar-refractivity contribution in [1.29, 1.82) is 0 Å². The molecule has 3 aromatic rings. The molecule has 2 saturated heterocycles. The van der Waals surface area contributed by atoms with E-state index in [1.54, 1.807) is 4.90 Å². The number of carbonyl (C=O) groups excluding carboxylic acids is 2. The third kappa shape index (κ3) is 6.98. The van der Waals surface area contributed by atoms with E-state index in [9.17, 15) is 9.59 Å². The normalized spacial score (nSPS) is 16.6. The topological polar surface area (TPSA) is 62.3 Å². The van der Waals surface area contributed by atoms with E-state index in [1.807, 2.05) is 66.4 Å². The van der Waals surface area contributed by atoms with Crippen LogP contribution < -0.4 is 4.74 Å². The number of hydrogen-bond acceptors (Lipinski definition) is 5. The zero-order valence-corrected chi connectivity index (χ0v) is 22.6. The van der Waals surface area contributed by atoms with E-state index < -0.39 is 0 Å². The number of carbonyl (C=O) groups is 2. The van der Waals surface area contributed by atoms with Gasteiger partial charge in [0.05, 0.1) is 6.61 Å². The molecule has 2 aliphatic heterocycles. The molecule has 7 heteroatoms. The Morgan fingerprint density at radius 1 is 0.769 bits per heavy atom. The van der Waals surface area contributed by atoms with E-state index in [2.05, 4.69) is 29.2 Å². The summed E-state index contributed by atoms with van der Waals surface area (Å²) >= 11 is 0. The lowest BCUT2D eigenvalue weighted by atomic mass is 10.0. The number of benzene rings is 3. The van der Waals surface area contributed by atoms with Gasteiger partial charge in [0.2, 0.25) is 0 Å². The molecule has 7 nitrogen and oxygen atoms in total. The molecule has 0 radical (unpaired) electrons. The van der Waals surface area contributed by atoms with Gasteiger partial charge in [0, 0.05) is 64.2 Å². The Hall–Kier alpha value is -3.84. The largest absolute Gasteiger partial charge is 0.490 e. The summed E-state index contributed by atoms with van der Waals surface area (Å²) in [7, 11) is 0. The van der Waals surface area contributed by atoms with E-state index in [4.69, 9.17) is 9.47 Å². The van der Waals surface area contributed by atoms with Crippen LogP contribution in [0.2, 0.25) is 0 Å². The van der Waals surface area contributed by atoms with Gasteiger partial charge in [-0.3, -0.25) is 9.69 Å². The highest BCUT2D eigenvalue weighted by Crippen LogP contribution is 2.24. The highest BCUT2D eigenvalue weighted by molar-refractivity contribution is 5.94. The van der Waals surface area contributed by atoms with E-state index in [-0.39, 0.29) is 18.1 Å². The summed E-state index contributed by atoms with van der Waals surface area (Å²) in [6.45, 7) is 7.46. The Labute approximate surface area is 230 Å². The Kier molecular flexibility index (Phi) is 8.78. The second-order valence-corrected chi connectivity index (χ2v) is 10.2. The lowest BCUT2D eigenvalue weighted by molar-refractivity contribution is 0.0595. The average molecular weight is 528 g/mol. The van der Waals surface area contributed by atoms with Crippen molar-refractivity contribution in [1.82, 2.24) is 14.7 Å². The molecule has 39 heavy (non-hydrogen) atoms. The molecule has 0 spiro atoms. The molecule has 0 aromatic heterocycles. The number of piperidine rings is 1. The first-order valence-corrected chi connectivity index (χ1v) is 13.9. The quantitative estimate of drug-likeness (QED) is 0.417. The van der Waals surface area contributed by atoms with Crippen molar-refractivity contribution >= 4 is 12.0 Å². The number of rotatable bonds is 7. The van der Waals surface area contributed by atoms with Crippen LogP contribution in [0.1, 0.15) is 35.7 Å². The van der Waals surface area contributed by atoms with Crippen molar-refractivity contribution in [2.24, 2.45) is 0 Å². The Morgan fingerprint density at radius 3 is 2.15 bits per heavy atom. The molecule has 0 aliphatic carbocycles. The summed E-state index contributed by atoms with van der Waals surface area (Å²) in [5.74, 6) is 0.956. The first kappa shape index (κ1) is 26.8. The molecular weight excluding hydrogens is 490 g/mol. The molecular formula is C32H37N3O4. The molecule has 2 fully saturated rings. The van der Waals surface area contributed by atoms with Gasteiger partial charge < -0.3 is 19.3 Å². The number of hydrogen-bond donors (Lipinski definition) is 0. The lowest BCUT2D eigenvalue weighted by Crippen LogP contribution is -2.48. The highest BCUT2D eigenvalue weighted by atomic mass is 16.6. The fraction of sp³-hybridized carbons (Fsp3) is 0.375. The van der Waals surface area contributed by atoms with Crippen LogP contribution in [0.3, 0.4) is 0 Å². The number of likely N-dealkylation sites (tertiary alicyclic amines) is 1. The van der Waals surface area contributed by atoms with Gasteiger partial charge in [-0.2, -0.15) is 0 Å². The zero-order chi connectivity index (χ0) is 27.0. The minimum Gasteiger partial charge on any atom is -0.490 e. The van der Waals surface area contributed by atoms with Gasteiger partial charge in [0.15, 0.2) is 0 Å². The van der Waals surface area contributed by atoms with E-state index in [0.29, 0.717) is 32.8 Å². The van der Waals surface area contributed by atoms with Crippen LogP contribution in [0, 0.1) is 0 Å². The summed E-state index contributed by atoms with van der Waals surface area (Å²) in [4.78, 5) is 31.1. The van der Waals surface area contributed by atoms with Gasteiger partial charge in [-0.05, 0) is 47.9 Å². The van der Waals surface area contributed by atoms with Crippen molar-refractivity contribution in [2.75, 3.05) is 45.9 Å². The summed E-state index contributed by atoms with van der Waals surface area (Å²) < 4.78 is 11.4. The number of ether oxygens (including phenoxy) is 2. The molecule has 0 atom stereocenters. The standard InChI is InChI=1S/C32H37N3O4/c1-2-38-32(37)35-21-19-33(20-22-35)24-25-7-6-10-30(23-25)39-29-15-17-34(18-16-29)31(36)28-13-11-27(12-14-28)26-8-4-3-5-9-26/h3-14,23,29H,2,15-22,24H2,1H3. The van der Waals surface area contributed by atoms with Crippen LogP contribution in [0.25, 0.3) is 11.1 Å². The van der Waals surface area contributed by atoms with Crippen molar-refractivity contribution in [3.63, 3.8) is 0 Å². The third-order valence-electron chi connectivity index (χ3n) is 7.47. The molecule has 0 N–H and O–H groups in total. The number of amides is 2. The molecule has 2 amide bonds. The highest BCUT2D eigenvalue weighted by Gasteiger charge is 2.25. The number of piperazine rings is 1. The second-order valence-electron chi connectivity index (χ2n) is 10.2. The van der Waals surface area contributed by atoms with Gasteiger partial charge in [-0.1, -0.05) is 54.6 Å². The molecule has 2 heterocycles. The first-order chi connectivity index (χ1) is 19.1. The maximum absolute atomic E-state index is 13.1. The Balaban J connectivity index is 1.08. The van der Waals surface area contributed by atoms with Crippen molar-refractivity contribution < 1.29 is 19.1 Å². The molecule has 204 valence electrons. The van der Waals surface area contributed by atoms with E-state index in [0.717, 1.165) is 54.9 Å². The van der Waals surface area contributed by atoms with Crippen LogP contribution in [0.4, 0.5) is 4.79 Å². The van der Waals surface area contributed by atoms with Crippen molar-refractivity contribution in [2.45, 2.75) is 32.4 Å². The van der Waals surface area contributed by atoms with Gasteiger partial charge in [-0.15, -0.1) is 0 Å². The SMILES string of the molecule is CCOC(=O)N1CCN(Cc2cccc(OC3CCN(C(=O)c4ccc(-c5ccccc5)cc4)CC3)c2)CC1. The van der Waals surface area contributed by atoms with E-state index >= 15 is 0 Å².